The molecule has 0 saturated heterocycles. The second kappa shape index (κ2) is 8.49. The van der Waals surface area contributed by atoms with Gasteiger partial charge in [-0.1, -0.05) is 54.6 Å². The summed E-state index contributed by atoms with van der Waals surface area (Å²) in [5.41, 5.74) is 3.72. The lowest BCUT2D eigenvalue weighted by atomic mass is 9.98. The van der Waals surface area contributed by atoms with Crippen LogP contribution in [0.4, 0.5) is 13.2 Å². The lowest BCUT2D eigenvalue weighted by molar-refractivity contribution is -0.137. The van der Waals surface area contributed by atoms with Gasteiger partial charge >= 0.3 is 6.18 Å². The summed E-state index contributed by atoms with van der Waals surface area (Å²) in [6.45, 7) is 0.562. The van der Waals surface area contributed by atoms with E-state index in [0.717, 1.165) is 22.9 Å². The van der Waals surface area contributed by atoms with Crippen LogP contribution in [0.1, 0.15) is 27.9 Å². The zero-order chi connectivity index (χ0) is 21.8. The van der Waals surface area contributed by atoms with Crippen molar-refractivity contribution in [1.82, 2.24) is 9.55 Å². The van der Waals surface area contributed by atoms with Crippen molar-refractivity contribution in [2.45, 2.75) is 19.1 Å². The van der Waals surface area contributed by atoms with Crippen molar-refractivity contribution in [2.24, 2.45) is 0 Å². The first-order valence-corrected chi connectivity index (χ1v) is 9.67. The number of hydrogen-bond acceptors (Lipinski definition) is 2. The van der Waals surface area contributed by atoms with Crippen LogP contribution in [0.5, 0.6) is 0 Å². The SMILES string of the molecule is N#Cc1ccc(Cc2cncn2Cc2ccc(-c3ccccc3C(F)(F)F)cc2)cc1. The Balaban J connectivity index is 1.52. The Labute approximate surface area is 178 Å². The van der Waals surface area contributed by atoms with Crippen molar-refractivity contribution < 1.29 is 13.2 Å². The zero-order valence-corrected chi connectivity index (χ0v) is 16.5. The molecule has 154 valence electrons. The van der Waals surface area contributed by atoms with E-state index >= 15 is 0 Å². The van der Waals surface area contributed by atoms with Crippen molar-refractivity contribution in [3.8, 4) is 17.2 Å². The van der Waals surface area contributed by atoms with E-state index in [2.05, 4.69) is 11.1 Å². The summed E-state index contributed by atoms with van der Waals surface area (Å²) >= 11 is 0. The highest BCUT2D eigenvalue weighted by Gasteiger charge is 2.33. The summed E-state index contributed by atoms with van der Waals surface area (Å²) in [7, 11) is 0. The third-order valence-electron chi connectivity index (χ3n) is 5.12. The van der Waals surface area contributed by atoms with Crippen LogP contribution in [-0.2, 0) is 19.1 Å². The van der Waals surface area contributed by atoms with Gasteiger partial charge in [-0.2, -0.15) is 18.4 Å². The molecule has 4 rings (SSSR count). The number of rotatable bonds is 5. The van der Waals surface area contributed by atoms with Crippen LogP contribution in [0.2, 0.25) is 0 Å². The molecular weight excluding hydrogens is 399 g/mol. The molecule has 0 spiro atoms. The number of imidazole rings is 1. The number of nitriles is 1. The molecule has 3 aromatic carbocycles. The van der Waals surface area contributed by atoms with Crippen molar-refractivity contribution in [3.63, 3.8) is 0 Å². The number of alkyl halides is 3. The lowest BCUT2D eigenvalue weighted by Crippen LogP contribution is -2.07. The van der Waals surface area contributed by atoms with E-state index in [1.165, 1.54) is 12.1 Å². The molecule has 1 heterocycles. The molecular formula is C25H18F3N3. The molecule has 0 fully saturated rings. The molecule has 0 aliphatic heterocycles. The molecule has 0 aliphatic rings. The van der Waals surface area contributed by atoms with Crippen LogP contribution in [-0.4, -0.2) is 9.55 Å². The van der Waals surface area contributed by atoms with E-state index < -0.39 is 11.7 Å². The fraction of sp³-hybridized carbons (Fsp3) is 0.120. The van der Waals surface area contributed by atoms with Gasteiger partial charge in [0.2, 0.25) is 0 Å². The predicted octanol–water partition coefficient (Wildman–Crippen LogP) is 6.08. The van der Waals surface area contributed by atoms with Crippen LogP contribution in [0.3, 0.4) is 0 Å². The van der Waals surface area contributed by atoms with E-state index in [1.54, 1.807) is 42.9 Å². The molecule has 4 aromatic rings. The van der Waals surface area contributed by atoms with Gasteiger partial charge in [-0.15, -0.1) is 0 Å². The van der Waals surface area contributed by atoms with E-state index in [1.807, 2.05) is 28.8 Å². The minimum atomic E-state index is -4.40. The smallest absolute Gasteiger partial charge is 0.330 e. The van der Waals surface area contributed by atoms with Crippen molar-refractivity contribution in [2.75, 3.05) is 0 Å². The monoisotopic (exact) mass is 417 g/mol. The molecule has 0 bridgehead atoms. The molecule has 0 amide bonds. The summed E-state index contributed by atoms with van der Waals surface area (Å²) < 4.78 is 41.9. The zero-order valence-electron chi connectivity index (χ0n) is 16.5. The number of benzene rings is 3. The average Bonchev–Trinajstić information content (AvgIpc) is 3.20. The van der Waals surface area contributed by atoms with Crippen LogP contribution < -0.4 is 0 Å². The van der Waals surface area contributed by atoms with Crippen LogP contribution in [0.15, 0.2) is 85.3 Å². The minimum Gasteiger partial charge on any atom is -0.330 e. The van der Waals surface area contributed by atoms with Crippen molar-refractivity contribution >= 4 is 0 Å². The van der Waals surface area contributed by atoms with Gasteiger partial charge in [-0.25, -0.2) is 4.98 Å². The summed E-state index contributed by atoms with van der Waals surface area (Å²) in [6, 6.07) is 22.2. The van der Waals surface area contributed by atoms with E-state index in [9.17, 15) is 13.2 Å². The van der Waals surface area contributed by atoms with E-state index in [0.29, 0.717) is 24.1 Å². The predicted molar refractivity (Wildman–Crippen MR) is 112 cm³/mol. The molecule has 1 aromatic heterocycles. The Morgan fingerprint density at radius 1 is 0.871 bits per heavy atom. The quantitative estimate of drug-likeness (QED) is 0.395. The van der Waals surface area contributed by atoms with Crippen LogP contribution in [0.25, 0.3) is 11.1 Å². The van der Waals surface area contributed by atoms with Crippen LogP contribution in [0, 0.1) is 11.3 Å². The third-order valence-corrected chi connectivity index (χ3v) is 5.12. The second-order valence-corrected chi connectivity index (χ2v) is 7.24. The molecule has 0 aliphatic carbocycles. The number of aromatic nitrogens is 2. The molecule has 0 atom stereocenters. The van der Waals surface area contributed by atoms with Crippen molar-refractivity contribution in [1.29, 1.82) is 5.26 Å². The molecule has 6 heteroatoms. The Kier molecular flexibility index (Phi) is 5.59. The molecule has 0 radical (unpaired) electrons. The van der Waals surface area contributed by atoms with E-state index in [4.69, 9.17) is 5.26 Å². The van der Waals surface area contributed by atoms with E-state index in [-0.39, 0.29) is 5.56 Å². The highest BCUT2D eigenvalue weighted by Crippen LogP contribution is 2.36. The van der Waals surface area contributed by atoms with Crippen LogP contribution >= 0.6 is 0 Å². The van der Waals surface area contributed by atoms with Gasteiger partial charge in [-0.05, 0) is 40.5 Å². The number of halogens is 3. The van der Waals surface area contributed by atoms with Gasteiger partial charge in [0.05, 0.1) is 23.5 Å². The molecule has 0 saturated carbocycles. The summed E-state index contributed by atoms with van der Waals surface area (Å²) in [5.74, 6) is 0. The standard InChI is InChI=1S/C25H18F3N3/c26-25(27,28)24-4-2-1-3-23(24)21-11-9-20(10-12-21)16-31-17-30-15-22(31)13-18-5-7-19(14-29)8-6-18/h1-12,15,17H,13,16H2. The number of nitrogens with zero attached hydrogens (tertiary/aromatic N) is 3. The van der Waals surface area contributed by atoms with Crippen molar-refractivity contribution in [3.05, 3.63) is 113 Å². The summed E-state index contributed by atoms with van der Waals surface area (Å²) in [6.07, 6.45) is -0.187. The topological polar surface area (TPSA) is 41.6 Å². The van der Waals surface area contributed by atoms with Gasteiger partial charge in [0.25, 0.3) is 0 Å². The maximum atomic E-state index is 13.3. The second-order valence-electron chi connectivity index (χ2n) is 7.24. The highest BCUT2D eigenvalue weighted by molar-refractivity contribution is 5.68. The Morgan fingerprint density at radius 2 is 1.55 bits per heavy atom. The maximum absolute atomic E-state index is 13.3. The minimum absolute atomic E-state index is 0.172. The molecule has 0 unspecified atom stereocenters. The highest BCUT2D eigenvalue weighted by atomic mass is 19.4. The first-order chi connectivity index (χ1) is 14.9. The first-order valence-electron chi connectivity index (χ1n) is 9.67. The van der Waals surface area contributed by atoms with Gasteiger partial charge in [0, 0.05) is 24.9 Å². The largest absolute Gasteiger partial charge is 0.417 e. The Hall–Kier alpha value is -3.85. The summed E-state index contributed by atoms with van der Waals surface area (Å²) in [4.78, 5) is 4.24. The maximum Gasteiger partial charge on any atom is 0.417 e. The summed E-state index contributed by atoms with van der Waals surface area (Å²) in [5, 5.41) is 8.92. The third kappa shape index (κ3) is 4.67. The normalized spacial score (nSPS) is 11.3. The fourth-order valence-corrected chi connectivity index (χ4v) is 3.51. The Morgan fingerprint density at radius 3 is 2.23 bits per heavy atom. The number of hydrogen-bond donors (Lipinski definition) is 0. The molecule has 3 nitrogen and oxygen atoms in total. The molecule has 0 N–H and O–H groups in total. The fourth-order valence-electron chi connectivity index (χ4n) is 3.51. The van der Waals surface area contributed by atoms with Gasteiger partial charge < -0.3 is 4.57 Å². The van der Waals surface area contributed by atoms with Gasteiger partial charge in [0.15, 0.2) is 0 Å². The molecule has 31 heavy (non-hydrogen) atoms. The van der Waals surface area contributed by atoms with Gasteiger partial charge in [0.1, 0.15) is 0 Å². The van der Waals surface area contributed by atoms with Gasteiger partial charge in [-0.3, -0.25) is 0 Å². The average molecular weight is 417 g/mol. The Bertz CT molecular complexity index is 1210. The lowest BCUT2D eigenvalue weighted by Gasteiger charge is -2.13. The first kappa shape index (κ1) is 20.4.